The second kappa shape index (κ2) is 11.8. The lowest BCUT2D eigenvalue weighted by Gasteiger charge is -2.44. The number of rotatable bonds is 9. The maximum Gasteiger partial charge on any atom is 0.289 e. The highest BCUT2D eigenvalue weighted by atomic mass is 16.5. The molecule has 0 aromatic heterocycles. The van der Waals surface area contributed by atoms with Crippen LogP contribution in [0.3, 0.4) is 0 Å². The lowest BCUT2D eigenvalue weighted by Crippen LogP contribution is -2.57. The lowest BCUT2D eigenvalue weighted by atomic mass is 9.89. The number of morpholine rings is 1. The summed E-state index contributed by atoms with van der Waals surface area (Å²) in [5, 5.41) is 2.96. The first-order valence-electron chi connectivity index (χ1n) is 12.3. The second-order valence-electron chi connectivity index (χ2n) is 9.01. The third kappa shape index (κ3) is 5.93. The first-order chi connectivity index (χ1) is 17.5. The monoisotopic (exact) mass is 494 g/mol. The minimum Gasteiger partial charge on any atom is -0.497 e. The molecule has 2 atom stereocenters. The maximum absolute atomic E-state index is 13.4. The molecule has 1 aliphatic carbocycles. The summed E-state index contributed by atoms with van der Waals surface area (Å²) in [4.78, 5) is 27.9. The van der Waals surface area contributed by atoms with E-state index in [9.17, 15) is 9.59 Å². The zero-order valence-electron chi connectivity index (χ0n) is 21.1. The average Bonchev–Trinajstić information content (AvgIpc) is 2.91. The molecule has 2 aliphatic rings. The van der Waals surface area contributed by atoms with Crippen molar-refractivity contribution in [3.05, 3.63) is 59.4 Å². The highest BCUT2D eigenvalue weighted by Crippen LogP contribution is 2.33. The van der Waals surface area contributed by atoms with Crippen LogP contribution in [0, 0.1) is 0 Å². The fourth-order valence-corrected chi connectivity index (χ4v) is 4.81. The molecule has 4 rings (SSSR count). The molecule has 2 amide bonds. The Morgan fingerprint density at radius 2 is 1.78 bits per heavy atom. The van der Waals surface area contributed by atoms with Crippen molar-refractivity contribution in [2.45, 2.75) is 44.2 Å². The number of methoxy groups -OCH3 is 3. The van der Waals surface area contributed by atoms with E-state index in [1.807, 2.05) is 42.5 Å². The second-order valence-corrected chi connectivity index (χ2v) is 9.01. The van der Waals surface area contributed by atoms with Crippen LogP contribution in [0.25, 0.3) is 6.08 Å². The highest BCUT2D eigenvalue weighted by Gasteiger charge is 2.42. The third-order valence-corrected chi connectivity index (χ3v) is 6.73. The number of ether oxygens (including phenoxy) is 4. The molecule has 1 saturated carbocycles. The number of amides is 2. The number of carbonyl (C=O) groups is 2. The van der Waals surface area contributed by atoms with Crippen molar-refractivity contribution in [3.8, 4) is 17.2 Å². The van der Waals surface area contributed by atoms with E-state index in [4.69, 9.17) is 18.9 Å². The Morgan fingerprint density at radius 1 is 1.03 bits per heavy atom. The molecule has 36 heavy (non-hydrogen) atoms. The van der Waals surface area contributed by atoms with Crippen LogP contribution in [0.5, 0.6) is 17.2 Å². The zero-order valence-corrected chi connectivity index (χ0v) is 21.1. The van der Waals surface area contributed by atoms with E-state index in [0.29, 0.717) is 24.5 Å². The average molecular weight is 495 g/mol. The van der Waals surface area contributed by atoms with Gasteiger partial charge in [-0.1, -0.05) is 24.6 Å². The van der Waals surface area contributed by atoms with Gasteiger partial charge in [-0.15, -0.1) is 0 Å². The van der Waals surface area contributed by atoms with Gasteiger partial charge in [0.2, 0.25) is 5.91 Å². The molecular formula is C28H34N2O6. The predicted molar refractivity (Wildman–Crippen MR) is 136 cm³/mol. The van der Waals surface area contributed by atoms with E-state index in [2.05, 4.69) is 5.32 Å². The fraction of sp³-hybridized carbons (Fsp3) is 0.429. The van der Waals surface area contributed by atoms with Crippen molar-refractivity contribution >= 4 is 17.9 Å². The molecule has 2 aromatic carbocycles. The van der Waals surface area contributed by atoms with Crippen LogP contribution < -0.4 is 19.5 Å². The van der Waals surface area contributed by atoms with Crippen molar-refractivity contribution in [1.82, 2.24) is 10.2 Å². The normalized spacial score (nSPS) is 20.4. The van der Waals surface area contributed by atoms with Gasteiger partial charge in [-0.2, -0.15) is 0 Å². The van der Waals surface area contributed by atoms with Crippen LogP contribution in [0.1, 0.15) is 36.8 Å². The summed E-state index contributed by atoms with van der Waals surface area (Å²) in [5.74, 6) is 1.91. The highest BCUT2D eigenvalue weighted by molar-refractivity contribution is 5.98. The van der Waals surface area contributed by atoms with Crippen LogP contribution >= 0.6 is 0 Å². The molecule has 8 nitrogen and oxygen atoms in total. The molecular weight excluding hydrogens is 460 g/mol. The zero-order chi connectivity index (χ0) is 25.5. The van der Waals surface area contributed by atoms with Crippen LogP contribution in [0.15, 0.2) is 48.2 Å². The standard InChI is InChI=1S/C28H34N2O6/c1-33-21-11-8-19(9-12-21)17-26-28(32)30(22-6-4-5-7-23(22)36-26)18-27(31)29-15-14-20-10-13-24(34-2)25(16-20)35-3/h8-13,16-17,22-23H,4-7,14-15,18H2,1-3H3,(H,29,31)/b26-17+. The largest absolute Gasteiger partial charge is 0.497 e. The van der Waals surface area contributed by atoms with Gasteiger partial charge in [-0.3, -0.25) is 9.59 Å². The number of fused-ring (bicyclic) bond motifs is 1. The molecule has 1 aliphatic heterocycles. The first-order valence-corrected chi connectivity index (χ1v) is 12.3. The Kier molecular flexibility index (Phi) is 8.36. The number of nitrogens with one attached hydrogen (secondary N) is 1. The van der Waals surface area contributed by atoms with Gasteiger partial charge in [0.05, 0.1) is 27.4 Å². The van der Waals surface area contributed by atoms with Crippen molar-refractivity contribution in [2.24, 2.45) is 0 Å². The topological polar surface area (TPSA) is 86.3 Å². The van der Waals surface area contributed by atoms with E-state index in [-0.39, 0.29) is 36.3 Å². The Balaban J connectivity index is 1.40. The first kappa shape index (κ1) is 25.4. The van der Waals surface area contributed by atoms with Gasteiger partial charge < -0.3 is 29.2 Å². The quantitative estimate of drug-likeness (QED) is 0.537. The Labute approximate surface area is 212 Å². The van der Waals surface area contributed by atoms with Crippen molar-refractivity contribution in [3.63, 3.8) is 0 Å². The van der Waals surface area contributed by atoms with Gasteiger partial charge >= 0.3 is 0 Å². The van der Waals surface area contributed by atoms with Gasteiger partial charge in [0.15, 0.2) is 17.3 Å². The van der Waals surface area contributed by atoms with E-state index < -0.39 is 0 Å². The molecule has 1 N–H and O–H groups in total. The number of carbonyl (C=O) groups excluding carboxylic acids is 2. The van der Waals surface area contributed by atoms with Gasteiger partial charge in [-0.05, 0) is 67.2 Å². The smallest absolute Gasteiger partial charge is 0.289 e. The summed E-state index contributed by atoms with van der Waals surface area (Å²) in [7, 11) is 4.80. The Morgan fingerprint density at radius 3 is 2.50 bits per heavy atom. The molecule has 192 valence electrons. The molecule has 2 aromatic rings. The predicted octanol–water partition coefficient (Wildman–Crippen LogP) is 3.58. The van der Waals surface area contributed by atoms with Crippen LogP contribution in [0.2, 0.25) is 0 Å². The van der Waals surface area contributed by atoms with E-state index in [1.54, 1.807) is 32.3 Å². The molecule has 8 heteroatoms. The van der Waals surface area contributed by atoms with Crippen molar-refractivity contribution in [1.29, 1.82) is 0 Å². The maximum atomic E-state index is 13.4. The summed E-state index contributed by atoms with van der Waals surface area (Å²) < 4.78 is 22.0. The lowest BCUT2D eigenvalue weighted by molar-refractivity contribution is -0.151. The Hall–Kier alpha value is -3.68. The van der Waals surface area contributed by atoms with Crippen molar-refractivity contribution in [2.75, 3.05) is 34.4 Å². The molecule has 1 heterocycles. The molecule has 0 bridgehead atoms. The van der Waals surface area contributed by atoms with E-state index in [1.165, 1.54) is 0 Å². The number of benzene rings is 2. The van der Waals surface area contributed by atoms with Crippen LogP contribution in [-0.4, -0.2) is 63.3 Å². The minimum atomic E-state index is -0.246. The summed E-state index contributed by atoms with van der Waals surface area (Å²) in [6.45, 7) is 0.463. The molecule has 2 fully saturated rings. The third-order valence-electron chi connectivity index (χ3n) is 6.73. The Bertz CT molecular complexity index is 1100. The van der Waals surface area contributed by atoms with Gasteiger partial charge in [0.25, 0.3) is 5.91 Å². The van der Waals surface area contributed by atoms with E-state index in [0.717, 1.165) is 42.6 Å². The SMILES string of the molecule is COc1ccc(/C=C2/OC3CCCCC3N(CC(=O)NCCc3ccc(OC)c(OC)c3)C2=O)cc1. The minimum absolute atomic E-state index is 0.00917. The summed E-state index contributed by atoms with van der Waals surface area (Å²) in [6.07, 6.45) is 6.07. The molecule has 2 unspecified atom stereocenters. The number of hydrogen-bond acceptors (Lipinski definition) is 6. The molecule has 0 spiro atoms. The van der Waals surface area contributed by atoms with Gasteiger partial charge in [0, 0.05) is 6.54 Å². The number of nitrogens with zero attached hydrogens (tertiary/aromatic N) is 1. The summed E-state index contributed by atoms with van der Waals surface area (Å²) in [5.41, 5.74) is 1.86. The number of hydrogen-bond donors (Lipinski definition) is 1. The summed E-state index contributed by atoms with van der Waals surface area (Å²) in [6, 6.07) is 13.0. The fourth-order valence-electron chi connectivity index (χ4n) is 4.81. The molecule has 0 radical (unpaired) electrons. The van der Waals surface area contributed by atoms with Crippen molar-refractivity contribution < 1.29 is 28.5 Å². The van der Waals surface area contributed by atoms with Crippen LogP contribution in [-0.2, 0) is 20.7 Å². The van der Waals surface area contributed by atoms with Gasteiger partial charge in [0.1, 0.15) is 18.4 Å². The van der Waals surface area contributed by atoms with E-state index >= 15 is 0 Å². The van der Waals surface area contributed by atoms with Gasteiger partial charge in [-0.25, -0.2) is 0 Å². The summed E-state index contributed by atoms with van der Waals surface area (Å²) >= 11 is 0. The van der Waals surface area contributed by atoms with Crippen LogP contribution in [0.4, 0.5) is 0 Å². The molecule has 1 saturated heterocycles.